The van der Waals surface area contributed by atoms with Gasteiger partial charge in [0.15, 0.2) is 0 Å². The summed E-state index contributed by atoms with van der Waals surface area (Å²) in [4.78, 5) is 23.5. The molecule has 0 bridgehead atoms. The molecule has 9 nitrogen and oxygen atoms in total. The van der Waals surface area contributed by atoms with E-state index in [1.807, 2.05) is 4.90 Å². The fraction of sp³-hybridized carbons (Fsp3) is 0.471. The molecule has 0 amide bonds. The van der Waals surface area contributed by atoms with E-state index in [-0.39, 0.29) is 17.9 Å². The molecule has 0 unspecified atom stereocenters. The van der Waals surface area contributed by atoms with Gasteiger partial charge in [0, 0.05) is 19.6 Å². The Balaban J connectivity index is 1.99. The van der Waals surface area contributed by atoms with Gasteiger partial charge < -0.3 is 14.2 Å². The second-order valence-electron chi connectivity index (χ2n) is 6.08. The summed E-state index contributed by atoms with van der Waals surface area (Å²) < 4.78 is 5.36. The molecule has 2 aromatic heterocycles. The minimum atomic E-state index is -0.430. The second-order valence-corrected chi connectivity index (χ2v) is 6.08. The minimum absolute atomic E-state index is 0.112. The first kappa shape index (κ1) is 17.7. The Kier molecular flexibility index (Phi) is 5.63. The Morgan fingerprint density at radius 1 is 1.35 bits per heavy atom. The maximum absolute atomic E-state index is 11.8. The first-order valence-corrected chi connectivity index (χ1v) is 8.59. The van der Waals surface area contributed by atoms with Crippen LogP contribution < -0.4 is 9.80 Å². The largest absolute Gasteiger partial charge is 0.467 e. The third-order valence-electron chi connectivity index (χ3n) is 4.34. The van der Waals surface area contributed by atoms with Crippen molar-refractivity contribution in [3.8, 4) is 6.07 Å². The van der Waals surface area contributed by atoms with E-state index in [0.29, 0.717) is 24.7 Å². The highest BCUT2D eigenvalue weighted by atomic mass is 16.6. The van der Waals surface area contributed by atoms with Crippen molar-refractivity contribution >= 4 is 17.3 Å². The van der Waals surface area contributed by atoms with Gasteiger partial charge in [-0.1, -0.05) is 0 Å². The highest BCUT2D eigenvalue weighted by molar-refractivity contribution is 5.71. The van der Waals surface area contributed by atoms with E-state index < -0.39 is 4.92 Å². The van der Waals surface area contributed by atoms with Crippen LogP contribution in [-0.4, -0.2) is 34.5 Å². The van der Waals surface area contributed by atoms with Crippen LogP contribution >= 0.6 is 0 Å². The molecule has 1 fully saturated rings. The lowest BCUT2D eigenvalue weighted by Crippen LogP contribution is -2.32. The van der Waals surface area contributed by atoms with Crippen molar-refractivity contribution in [3.63, 3.8) is 0 Å². The number of rotatable bonds is 7. The molecule has 0 atom stereocenters. The molecular weight excluding hydrogens is 336 g/mol. The zero-order chi connectivity index (χ0) is 18.4. The lowest BCUT2D eigenvalue weighted by atomic mass is 10.1. The number of nitriles is 1. The Morgan fingerprint density at radius 2 is 2.15 bits per heavy atom. The maximum atomic E-state index is 11.8. The number of piperidine rings is 1. The van der Waals surface area contributed by atoms with Crippen molar-refractivity contribution in [3.05, 3.63) is 40.6 Å². The first-order valence-electron chi connectivity index (χ1n) is 8.59. The molecule has 3 rings (SSSR count). The number of aromatic nitrogens is 2. The Bertz CT molecular complexity index is 780. The average Bonchev–Trinajstić information content (AvgIpc) is 3.18. The molecule has 1 aliphatic heterocycles. The number of nitrogens with zero attached hydrogens (tertiary/aromatic N) is 6. The zero-order valence-corrected chi connectivity index (χ0v) is 14.4. The number of anilines is 2. The van der Waals surface area contributed by atoms with Crippen molar-refractivity contribution in [1.29, 1.82) is 5.26 Å². The molecule has 0 aromatic carbocycles. The van der Waals surface area contributed by atoms with Crippen LogP contribution in [0.4, 0.5) is 17.3 Å². The molecule has 0 aliphatic carbocycles. The van der Waals surface area contributed by atoms with Gasteiger partial charge in [0.2, 0.25) is 11.6 Å². The molecule has 3 heterocycles. The van der Waals surface area contributed by atoms with Gasteiger partial charge in [0.1, 0.15) is 12.1 Å². The highest BCUT2D eigenvalue weighted by Gasteiger charge is 2.30. The van der Waals surface area contributed by atoms with Crippen LogP contribution in [0.3, 0.4) is 0 Å². The lowest BCUT2D eigenvalue weighted by Gasteiger charge is -2.28. The molecule has 1 aliphatic rings. The van der Waals surface area contributed by atoms with E-state index in [4.69, 9.17) is 9.68 Å². The molecule has 0 spiro atoms. The number of hydrogen-bond acceptors (Lipinski definition) is 8. The van der Waals surface area contributed by atoms with E-state index in [2.05, 4.69) is 16.0 Å². The van der Waals surface area contributed by atoms with Gasteiger partial charge in [-0.3, -0.25) is 10.1 Å². The van der Waals surface area contributed by atoms with Crippen LogP contribution in [0.25, 0.3) is 0 Å². The Morgan fingerprint density at radius 3 is 2.81 bits per heavy atom. The fourth-order valence-electron chi connectivity index (χ4n) is 3.13. The van der Waals surface area contributed by atoms with Crippen LogP contribution in [0.15, 0.2) is 29.1 Å². The van der Waals surface area contributed by atoms with E-state index >= 15 is 0 Å². The second kappa shape index (κ2) is 8.29. The molecule has 0 saturated carbocycles. The molecule has 26 heavy (non-hydrogen) atoms. The van der Waals surface area contributed by atoms with E-state index in [1.54, 1.807) is 23.3 Å². The first-order chi connectivity index (χ1) is 12.7. The predicted octanol–water partition coefficient (Wildman–Crippen LogP) is 2.89. The van der Waals surface area contributed by atoms with Gasteiger partial charge in [-0.05, 0) is 31.4 Å². The Labute approximate surface area is 151 Å². The molecule has 9 heteroatoms. The summed E-state index contributed by atoms with van der Waals surface area (Å²) in [6.07, 6.45) is 6.22. The minimum Gasteiger partial charge on any atom is -0.467 e. The molecule has 1 saturated heterocycles. The molecule has 136 valence electrons. The summed E-state index contributed by atoms with van der Waals surface area (Å²) >= 11 is 0. The van der Waals surface area contributed by atoms with E-state index in [1.165, 1.54) is 6.33 Å². The van der Waals surface area contributed by atoms with Gasteiger partial charge in [-0.25, -0.2) is 9.97 Å². The van der Waals surface area contributed by atoms with Crippen molar-refractivity contribution < 1.29 is 9.34 Å². The van der Waals surface area contributed by atoms with Gasteiger partial charge in [-0.2, -0.15) is 5.26 Å². The molecule has 2 aromatic rings. The maximum Gasteiger partial charge on any atom is 0.353 e. The van der Waals surface area contributed by atoms with Gasteiger partial charge >= 0.3 is 5.69 Å². The van der Waals surface area contributed by atoms with Crippen molar-refractivity contribution in [1.82, 2.24) is 9.97 Å². The van der Waals surface area contributed by atoms with Gasteiger partial charge in [-0.15, -0.1) is 0 Å². The van der Waals surface area contributed by atoms with Gasteiger partial charge in [0.05, 0.1) is 30.2 Å². The summed E-state index contributed by atoms with van der Waals surface area (Å²) in [6.45, 7) is 2.10. The zero-order valence-electron chi connectivity index (χ0n) is 14.4. The van der Waals surface area contributed by atoms with Crippen LogP contribution in [-0.2, 0) is 6.54 Å². The van der Waals surface area contributed by atoms with Crippen LogP contribution in [0, 0.1) is 21.4 Å². The van der Waals surface area contributed by atoms with Crippen LogP contribution in [0.1, 0.15) is 31.4 Å². The van der Waals surface area contributed by atoms with Crippen LogP contribution in [0.2, 0.25) is 0 Å². The molecule has 0 N–H and O–H groups in total. The monoisotopic (exact) mass is 356 g/mol. The van der Waals surface area contributed by atoms with Crippen LogP contribution in [0.5, 0.6) is 0 Å². The third kappa shape index (κ3) is 3.91. The SMILES string of the molecule is N#CCCN(Cc1ccco1)c1ncnc(N2CCCCC2)c1[N+](=O)[O-]. The number of nitro groups is 1. The normalized spacial score (nSPS) is 14.0. The Hall–Kier alpha value is -3.15. The summed E-state index contributed by atoms with van der Waals surface area (Å²) in [6, 6.07) is 5.62. The number of hydrogen-bond donors (Lipinski definition) is 0. The fourth-order valence-corrected chi connectivity index (χ4v) is 3.13. The van der Waals surface area contributed by atoms with E-state index in [0.717, 1.165) is 32.4 Å². The number of furan rings is 1. The summed E-state index contributed by atoms with van der Waals surface area (Å²) in [5.41, 5.74) is -0.112. The standard InChI is InChI=1S/C17H20N6O3/c18-7-5-10-22(12-14-6-4-11-26-14)17-15(23(24)25)16(19-13-20-17)21-8-2-1-3-9-21/h4,6,11,13H,1-3,5,8-10,12H2. The predicted molar refractivity (Wildman–Crippen MR) is 94.7 cm³/mol. The third-order valence-corrected chi connectivity index (χ3v) is 4.34. The van der Waals surface area contributed by atoms with E-state index in [9.17, 15) is 10.1 Å². The smallest absolute Gasteiger partial charge is 0.353 e. The highest BCUT2D eigenvalue weighted by Crippen LogP contribution is 2.36. The summed E-state index contributed by atoms with van der Waals surface area (Å²) in [5, 5.41) is 20.8. The summed E-state index contributed by atoms with van der Waals surface area (Å²) in [7, 11) is 0. The van der Waals surface area contributed by atoms with Crippen molar-refractivity contribution in [2.75, 3.05) is 29.4 Å². The molecule has 0 radical (unpaired) electrons. The average molecular weight is 356 g/mol. The molecular formula is C17H20N6O3. The quantitative estimate of drug-likeness (QED) is 0.550. The van der Waals surface area contributed by atoms with Crippen molar-refractivity contribution in [2.24, 2.45) is 0 Å². The van der Waals surface area contributed by atoms with Crippen molar-refractivity contribution in [2.45, 2.75) is 32.2 Å². The summed E-state index contributed by atoms with van der Waals surface area (Å²) in [5.74, 6) is 1.22. The topological polar surface area (TPSA) is 112 Å². The lowest BCUT2D eigenvalue weighted by molar-refractivity contribution is -0.383. The van der Waals surface area contributed by atoms with Gasteiger partial charge in [0.25, 0.3) is 0 Å².